The van der Waals surface area contributed by atoms with E-state index in [1.165, 1.54) is 31.2 Å². The van der Waals surface area contributed by atoms with Crippen LogP contribution in [0, 0.1) is 0 Å². The minimum atomic E-state index is 0.383. The maximum Gasteiger partial charge on any atom is 0.119 e. The number of rotatable bonds is 4. The molecule has 2 N–H and O–H groups in total. The Morgan fingerprint density at radius 1 is 1.17 bits per heavy atom. The van der Waals surface area contributed by atoms with E-state index in [4.69, 9.17) is 10.5 Å². The molecule has 2 unspecified atom stereocenters. The monoisotopic (exact) mass is 247 g/mol. The third kappa shape index (κ3) is 3.74. The van der Waals surface area contributed by atoms with Crippen molar-refractivity contribution in [1.29, 1.82) is 0 Å². The Labute approximate surface area is 111 Å². The molecule has 0 spiro atoms. The summed E-state index contributed by atoms with van der Waals surface area (Å²) in [7, 11) is 0. The molecule has 0 aromatic heterocycles. The smallest absolute Gasteiger partial charge is 0.119 e. The fourth-order valence-electron chi connectivity index (χ4n) is 2.76. The van der Waals surface area contributed by atoms with Gasteiger partial charge in [0.2, 0.25) is 0 Å². The van der Waals surface area contributed by atoms with Gasteiger partial charge in [-0.1, -0.05) is 31.9 Å². The van der Waals surface area contributed by atoms with Crippen LogP contribution in [0.25, 0.3) is 0 Å². The van der Waals surface area contributed by atoms with Crippen molar-refractivity contribution in [2.45, 2.75) is 57.4 Å². The van der Waals surface area contributed by atoms with E-state index in [9.17, 15) is 0 Å². The van der Waals surface area contributed by atoms with Crippen LogP contribution in [0.2, 0.25) is 0 Å². The summed E-state index contributed by atoms with van der Waals surface area (Å²) in [5.41, 5.74) is 7.56. The molecule has 1 fully saturated rings. The van der Waals surface area contributed by atoms with Crippen molar-refractivity contribution in [3.63, 3.8) is 0 Å². The van der Waals surface area contributed by atoms with Gasteiger partial charge in [-0.15, -0.1) is 0 Å². The van der Waals surface area contributed by atoms with Crippen molar-refractivity contribution < 1.29 is 4.74 Å². The Morgan fingerprint density at radius 3 is 2.61 bits per heavy atom. The fourth-order valence-corrected chi connectivity index (χ4v) is 2.76. The van der Waals surface area contributed by atoms with E-state index in [1.54, 1.807) is 0 Å². The number of ether oxygens (including phenoxy) is 1. The highest BCUT2D eigenvalue weighted by atomic mass is 16.5. The molecule has 2 heteroatoms. The van der Waals surface area contributed by atoms with E-state index < -0.39 is 0 Å². The van der Waals surface area contributed by atoms with Crippen molar-refractivity contribution in [1.82, 2.24) is 0 Å². The average Bonchev–Trinajstić information content (AvgIpc) is 2.62. The molecular formula is C16H25NO. The van der Waals surface area contributed by atoms with Crippen LogP contribution in [0.15, 0.2) is 24.3 Å². The first-order valence-electron chi connectivity index (χ1n) is 7.28. The highest BCUT2D eigenvalue weighted by Crippen LogP contribution is 2.31. The van der Waals surface area contributed by atoms with Crippen molar-refractivity contribution >= 4 is 0 Å². The quantitative estimate of drug-likeness (QED) is 0.820. The van der Waals surface area contributed by atoms with Gasteiger partial charge in [-0.2, -0.15) is 0 Å². The average molecular weight is 247 g/mol. The predicted octanol–water partition coefficient (Wildman–Crippen LogP) is 3.85. The second kappa shape index (κ2) is 6.79. The normalized spacial score (nSPS) is 24.6. The summed E-state index contributed by atoms with van der Waals surface area (Å²) in [6, 6.07) is 9.01. The Hall–Kier alpha value is -1.02. The SMILES string of the molecule is CCCOc1ccc(C2CCCCC(N)C2)cc1. The summed E-state index contributed by atoms with van der Waals surface area (Å²) in [6.07, 6.45) is 7.26. The number of hydrogen-bond donors (Lipinski definition) is 1. The molecule has 2 rings (SSSR count). The van der Waals surface area contributed by atoms with E-state index in [0.29, 0.717) is 12.0 Å². The molecule has 1 aromatic carbocycles. The van der Waals surface area contributed by atoms with E-state index in [2.05, 4.69) is 31.2 Å². The number of benzene rings is 1. The lowest BCUT2D eigenvalue weighted by Gasteiger charge is -2.17. The van der Waals surface area contributed by atoms with Crippen LogP contribution >= 0.6 is 0 Å². The van der Waals surface area contributed by atoms with E-state index >= 15 is 0 Å². The van der Waals surface area contributed by atoms with Crippen LogP contribution < -0.4 is 10.5 Å². The molecule has 0 amide bonds. The van der Waals surface area contributed by atoms with Gasteiger partial charge in [-0.3, -0.25) is 0 Å². The minimum Gasteiger partial charge on any atom is -0.494 e. The second-order valence-corrected chi connectivity index (χ2v) is 5.39. The summed E-state index contributed by atoms with van der Waals surface area (Å²) in [6.45, 7) is 2.93. The summed E-state index contributed by atoms with van der Waals surface area (Å²) in [4.78, 5) is 0. The molecule has 1 aromatic rings. The largest absolute Gasteiger partial charge is 0.494 e. The van der Waals surface area contributed by atoms with Gasteiger partial charge in [0.15, 0.2) is 0 Å². The van der Waals surface area contributed by atoms with Crippen LogP contribution in [-0.4, -0.2) is 12.6 Å². The van der Waals surface area contributed by atoms with Gasteiger partial charge in [-0.05, 0) is 49.3 Å². The van der Waals surface area contributed by atoms with Gasteiger partial charge in [0.25, 0.3) is 0 Å². The third-order valence-electron chi connectivity index (χ3n) is 3.79. The highest BCUT2D eigenvalue weighted by molar-refractivity contribution is 5.29. The van der Waals surface area contributed by atoms with Crippen LogP contribution in [0.5, 0.6) is 5.75 Å². The molecule has 0 saturated heterocycles. The zero-order chi connectivity index (χ0) is 12.8. The van der Waals surface area contributed by atoms with Gasteiger partial charge >= 0.3 is 0 Å². The van der Waals surface area contributed by atoms with Crippen LogP contribution in [0.3, 0.4) is 0 Å². The Bertz CT molecular complexity index is 347. The van der Waals surface area contributed by atoms with Gasteiger partial charge < -0.3 is 10.5 Å². The van der Waals surface area contributed by atoms with E-state index in [0.717, 1.165) is 25.2 Å². The Kier molecular flexibility index (Phi) is 5.06. The molecule has 0 aliphatic heterocycles. The van der Waals surface area contributed by atoms with Crippen molar-refractivity contribution in [2.75, 3.05) is 6.61 Å². The van der Waals surface area contributed by atoms with Crippen molar-refractivity contribution in [2.24, 2.45) is 5.73 Å². The van der Waals surface area contributed by atoms with Crippen LogP contribution in [-0.2, 0) is 0 Å². The second-order valence-electron chi connectivity index (χ2n) is 5.39. The van der Waals surface area contributed by atoms with Gasteiger partial charge in [0.1, 0.15) is 5.75 Å². The van der Waals surface area contributed by atoms with Crippen molar-refractivity contribution in [3.8, 4) is 5.75 Å². The third-order valence-corrected chi connectivity index (χ3v) is 3.79. The lowest BCUT2D eigenvalue weighted by atomic mass is 9.90. The molecule has 1 saturated carbocycles. The molecular weight excluding hydrogens is 222 g/mol. The van der Waals surface area contributed by atoms with Crippen LogP contribution in [0.4, 0.5) is 0 Å². The lowest BCUT2D eigenvalue weighted by Crippen LogP contribution is -2.20. The molecule has 0 radical (unpaired) electrons. The maximum atomic E-state index is 6.13. The van der Waals surface area contributed by atoms with Crippen molar-refractivity contribution in [3.05, 3.63) is 29.8 Å². The molecule has 0 heterocycles. The molecule has 2 atom stereocenters. The van der Waals surface area contributed by atoms with Gasteiger partial charge in [-0.25, -0.2) is 0 Å². The standard InChI is InChI=1S/C16H25NO/c1-2-11-18-16-9-7-13(8-10-16)14-5-3-4-6-15(17)12-14/h7-10,14-15H,2-6,11-12,17H2,1H3. The molecule has 0 bridgehead atoms. The summed E-state index contributed by atoms with van der Waals surface area (Å²) < 4.78 is 5.62. The Morgan fingerprint density at radius 2 is 1.89 bits per heavy atom. The van der Waals surface area contributed by atoms with Gasteiger partial charge in [0.05, 0.1) is 6.61 Å². The fraction of sp³-hybridized carbons (Fsp3) is 0.625. The van der Waals surface area contributed by atoms with E-state index in [1.807, 2.05) is 0 Å². The van der Waals surface area contributed by atoms with Gasteiger partial charge in [0, 0.05) is 6.04 Å². The Balaban J connectivity index is 1.99. The predicted molar refractivity (Wildman–Crippen MR) is 76.0 cm³/mol. The first kappa shape index (κ1) is 13.4. The van der Waals surface area contributed by atoms with E-state index in [-0.39, 0.29) is 0 Å². The summed E-state index contributed by atoms with van der Waals surface area (Å²) >= 11 is 0. The first-order chi connectivity index (χ1) is 8.79. The maximum absolute atomic E-state index is 6.13. The summed E-state index contributed by atoms with van der Waals surface area (Å²) in [5, 5.41) is 0. The first-order valence-corrected chi connectivity index (χ1v) is 7.28. The topological polar surface area (TPSA) is 35.2 Å². The molecule has 1 aliphatic rings. The molecule has 1 aliphatic carbocycles. The summed E-state index contributed by atoms with van der Waals surface area (Å²) in [5.74, 6) is 1.63. The zero-order valence-corrected chi connectivity index (χ0v) is 11.4. The van der Waals surface area contributed by atoms with Crippen LogP contribution in [0.1, 0.15) is 56.9 Å². The zero-order valence-electron chi connectivity index (χ0n) is 11.4. The lowest BCUT2D eigenvalue weighted by molar-refractivity contribution is 0.317. The number of hydrogen-bond acceptors (Lipinski definition) is 2. The minimum absolute atomic E-state index is 0.383. The molecule has 18 heavy (non-hydrogen) atoms. The molecule has 100 valence electrons. The molecule has 2 nitrogen and oxygen atoms in total. The highest BCUT2D eigenvalue weighted by Gasteiger charge is 2.18. The number of nitrogens with two attached hydrogens (primary N) is 1.